The van der Waals surface area contributed by atoms with E-state index < -0.39 is 5.72 Å². The smallest absolute Gasteiger partial charge is 0.242 e. The lowest BCUT2D eigenvalue weighted by molar-refractivity contribution is -0.0284. The van der Waals surface area contributed by atoms with E-state index >= 15 is 0 Å². The lowest BCUT2D eigenvalue weighted by Crippen LogP contribution is -2.47. The molecule has 47 heavy (non-hydrogen) atoms. The maximum absolute atomic E-state index is 6.76. The maximum atomic E-state index is 6.76. The van der Waals surface area contributed by atoms with Crippen LogP contribution in [0, 0.1) is 0 Å². The minimum atomic E-state index is -0.952. The largest absolute Gasteiger partial charge is 0.497 e. The number of hydrogen-bond donors (Lipinski definition) is 0. The van der Waals surface area contributed by atoms with E-state index in [9.17, 15) is 0 Å². The van der Waals surface area contributed by atoms with Crippen molar-refractivity contribution in [3.63, 3.8) is 0 Å². The summed E-state index contributed by atoms with van der Waals surface area (Å²) in [5.74, 6) is 2.31. The maximum Gasteiger partial charge on any atom is 0.242 e. The molecule has 0 saturated carbocycles. The summed E-state index contributed by atoms with van der Waals surface area (Å²) < 4.78 is 11.0. The molecular weight excluding hydrogens is 623 g/mol. The van der Waals surface area contributed by atoms with Crippen LogP contribution in [0.25, 0.3) is 10.9 Å². The van der Waals surface area contributed by atoms with Crippen molar-refractivity contribution in [3.8, 4) is 11.5 Å². The SMILES string of the molecule is COc1ccc(C2=NOC3(c4ccc(OC)cc4)CC(c4cc5ccccc5nc4Sc4ccccc4)Sc4ccccc4N23)cc1. The molecule has 0 saturated heterocycles. The van der Waals surface area contributed by atoms with Gasteiger partial charge in [0.05, 0.1) is 25.4 Å². The fraction of sp³-hybridized carbons (Fsp3) is 0.128. The predicted octanol–water partition coefficient (Wildman–Crippen LogP) is 9.69. The summed E-state index contributed by atoms with van der Waals surface area (Å²) in [7, 11) is 3.36. The highest BCUT2D eigenvalue weighted by molar-refractivity contribution is 8.00. The van der Waals surface area contributed by atoms with E-state index in [0.29, 0.717) is 6.42 Å². The Kier molecular flexibility index (Phi) is 7.75. The topological polar surface area (TPSA) is 56.2 Å². The monoisotopic (exact) mass is 653 g/mol. The number of amidine groups is 1. The minimum absolute atomic E-state index is 0.0306. The zero-order valence-electron chi connectivity index (χ0n) is 25.9. The molecule has 3 heterocycles. The highest BCUT2D eigenvalue weighted by Crippen LogP contribution is 2.57. The van der Waals surface area contributed by atoms with Crippen molar-refractivity contribution in [2.45, 2.75) is 32.2 Å². The van der Waals surface area contributed by atoms with Crippen molar-refractivity contribution >= 4 is 45.9 Å². The first-order valence-electron chi connectivity index (χ1n) is 15.4. The molecule has 0 amide bonds. The summed E-state index contributed by atoms with van der Waals surface area (Å²) in [6.07, 6.45) is 0.601. The number of rotatable bonds is 7. The molecule has 2 aliphatic heterocycles. The van der Waals surface area contributed by atoms with E-state index in [0.717, 1.165) is 65.4 Å². The fourth-order valence-electron chi connectivity index (χ4n) is 6.27. The quantitative estimate of drug-likeness (QED) is 0.170. The Morgan fingerprint density at radius 3 is 2.23 bits per heavy atom. The third kappa shape index (κ3) is 5.37. The van der Waals surface area contributed by atoms with Gasteiger partial charge in [-0.3, -0.25) is 4.90 Å². The molecule has 1 aromatic heterocycles. The van der Waals surface area contributed by atoms with Crippen molar-refractivity contribution in [1.29, 1.82) is 0 Å². The number of para-hydroxylation sites is 2. The fourth-order valence-corrected chi connectivity index (χ4v) is 8.68. The molecule has 8 heteroatoms. The molecule has 0 spiro atoms. The molecule has 0 radical (unpaired) electrons. The molecule has 6 nitrogen and oxygen atoms in total. The number of aromatic nitrogens is 1. The second kappa shape index (κ2) is 12.4. The first-order valence-corrected chi connectivity index (χ1v) is 17.1. The lowest BCUT2D eigenvalue weighted by Gasteiger charge is -2.38. The number of benzene rings is 5. The van der Waals surface area contributed by atoms with Gasteiger partial charge in [0.2, 0.25) is 5.72 Å². The van der Waals surface area contributed by atoms with Gasteiger partial charge in [-0.25, -0.2) is 4.98 Å². The summed E-state index contributed by atoms with van der Waals surface area (Å²) in [5.41, 5.74) is 4.14. The lowest BCUT2D eigenvalue weighted by atomic mass is 9.92. The third-order valence-electron chi connectivity index (χ3n) is 8.60. The number of methoxy groups -OCH3 is 2. The number of thioether (sulfide) groups is 1. The zero-order chi connectivity index (χ0) is 31.8. The Morgan fingerprint density at radius 2 is 1.47 bits per heavy atom. The van der Waals surface area contributed by atoms with E-state index in [4.69, 9.17) is 24.5 Å². The highest BCUT2D eigenvalue weighted by Gasteiger charge is 2.53. The predicted molar refractivity (Wildman–Crippen MR) is 190 cm³/mol. The molecule has 2 aliphatic rings. The molecular formula is C39H31N3O3S2. The summed E-state index contributed by atoms with van der Waals surface area (Å²) >= 11 is 3.55. The van der Waals surface area contributed by atoms with E-state index in [-0.39, 0.29) is 5.25 Å². The number of nitrogens with zero attached hydrogens (tertiary/aromatic N) is 3. The summed E-state index contributed by atoms with van der Waals surface area (Å²) in [6.45, 7) is 0. The Bertz CT molecular complexity index is 2090. The van der Waals surface area contributed by atoms with Crippen LogP contribution in [-0.4, -0.2) is 25.0 Å². The number of oxime groups is 1. The molecule has 2 unspecified atom stereocenters. The van der Waals surface area contributed by atoms with Crippen LogP contribution < -0.4 is 14.4 Å². The Labute approximate surface area is 282 Å². The van der Waals surface area contributed by atoms with Crippen LogP contribution in [0.3, 0.4) is 0 Å². The van der Waals surface area contributed by atoms with Gasteiger partial charge in [0.15, 0.2) is 5.84 Å². The summed E-state index contributed by atoms with van der Waals surface area (Å²) in [5, 5.41) is 6.91. The van der Waals surface area contributed by atoms with Gasteiger partial charge in [-0.2, -0.15) is 0 Å². The van der Waals surface area contributed by atoms with Crippen LogP contribution in [0.2, 0.25) is 0 Å². The number of fused-ring (bicyclic) bond motifs is 4. The first-order chi connectivity index (χ1) is 23.1. The molecule has 8 rings (SSSR count). The van der Waals surface area contributed by atoms with Crippen LogP contribution in [0.4, 0.5) is 5.69 Å². The molecule has 0 N–H and O–H groups in total. The average molecular weight is 654 g/mol. The molecule has 2 atom stereocenters. The van der Waals surface area contributed by atoms with Crippen LogP contribution in [0.1, 0.15) is 28.4 Å². The normalized spacial score (nSPS) is 18.5. The number of hydrogen-bond acceptors (Lipinski definition) is 8. The molecule has 232 valence electrons. The zero-order valence-corrected chi connectivity index (χ0v) is 27.5. The molecule has 5 aromatic carbocycles. The number of pyridine rings is 1. The van der Waals surface area contributed by atoms with Gasteiger partial charge in [0.25, 0.3) is 0 Å². The van der Waals surface area contributed by atoms with Crippen molar-refractivity contribution in [2.75, 3.05) is 19.1 Å². The van der Waals surface area contributed by atoms with Crippen LogP contribution in [-0.2, 0) is 10.6 Å². The second-order valence-electron chi connectivity index (χ2n) is 11.4. The van der Waals surface area contributed by atoms with Crippen LogP contribution in [0.5, 0.6) is 11.5 Å². The van der Waals surface area contributed by atoms with Gasteiger partial charge in [0, 0.05) is 38.0 Å². The Hall–Kier alpha value is -4.92. The van der Waals surface area contributed by atoms with Crippen molar-refractivity contribution in [3.05, 3.63) is 150 Å². The van der Waals surface area contributed by atoms with Crippen molar-refractivity contribution in [2.24, 2.45) is 5.16 Å². The van der Waals surface area contributed by atoms with Crippen LogP contribution in [0.15, 0.2) is 153 Å². The number of anilines is 1. The molecule has 0 aliphatic carbocycles. The summed E-state index contributed by atoms with van der Waals surface area (Å²) in [4.78, 5) is 16.6. The number of ether oxygens (including phenoxy) is 2. The molecule has 0 bridgehead atoms. The van der Waals surface area contributed by atoms with Crippen molar-refractivity contribution in [1.82, 2.24) is 4.98 Å². The van der Waals surface area contributed by atoms with Gasteiger partial charge in [-0.1, -0.05) is 65.4 Å². The third-order valence-corrected chi connectivity index (χ3v) is 10.9. The van der Waals surface area contributed by atoms with Crippen LogP contribution >= 0.6 is 23.5 Å². The standard InChI is InChI=1S/C39H31N3O3S2/c1-43-29-20-16-26(17-21-29)37-41-45-39(28-18-22-30(44-2)23-19-28)25-36(47-35-15-9-8-14-34(35)42(37)39)32-24-27-10-6-7-13-33(27)40-38(32)46-31-11-4-3-5-12-31/h3-24,36H,25H2,1-2H3. The van der Waals surface area contributed by atoms with Gasteiger partial charge in [-0.05, 0) is 90.5 Å². The van der Waals surface area contributed by atoms with E-state index in [1.54, 1.807) is 26.0 Å². The van der Waals surface area contributed by atoms with Gasteiger partial charge >= 0.3 is 0 Å². The van der Waals surface area contributed by atoms with E-state index in [1.807, 2.05) is 60.3 Å². The Balaban J connectivity index is 1.33. The van der Waals surface area contributed by atoms with Crippen molar-refractivity contribution < 1.29 is 14.3 Å². The minimum Gasteiger partial charge on any atom is -0.497 e. The van der Waals surface area contributed by atoms with E-state index in [2.05, 4.69) is 89.8 Å². The van der Waals surface area contributed by atoms with Gasteiger partial charge in [0.1, 0.15) is 16.5 Å². The Morgan fingerprint density at radius 1 is 0.787 bits per heavy atom. The van der Waals surface area contributed by atoms with Gasteiger partial charge < -0.3 is 14.3 Å². The average Bonchev–Trinajstić information content (AvgIpc) is 3.44. The van der Waals surface area contributed by atoms with E-state index in [1.165, 1.54) is 0 Å². The van der Waals surface area contributed by atoms with Gasteiger partial charge in [-0.15, -0.1) is 11.8 Å². The first kappa shape index (κ1) is 29.5. The molecule has 6 aromatic rings. The second-order valence-corrected chi connectivity index (χ2v) is 13.7. The highest BCUT2D eigenvalue weighted by atomic mass is 32.2. The molecule has 0 fully saturated rings. The summed E-state index contributed by atoms with van der Waals surface area (Å²) in [6, 6.07) is 45.8.